The van der Waals surface area contributed by atoms with Gasteiger partial charge in [0, 0.05) is 6.92 Å². The first-order valence-electron chi connectivity index (χ1n) is 3.65. The Hall–Kier alpha value is -0.940. The summed E-state index contributed by atoms with van der Waals surface area (Å²) in [4.78, 5) is 12.5. The van der Waals surface area contributed by atoms with Gasteiger partial charge < -0.3 is 5.11 Å². The molecule has 1 rings (SSSR count). The molecular formula is C7H13N2O3+. The van der Waals surface area contributed by atoms with Crippen LogP contribution in [0.4, 0.5) is 0 Å². The first kappa shape index (κ1) is 9.15. The SMILES string of the molecule is CC(=O)C1=[N+](O)CN(C)C1(C)O. The van der Waals surface area contributed by atoms with E-state index in [-0.39, 0.29) is 18.2 Å². The van der Waals surface area contributed by atoms with Crippen LogP contribution in [0.1, 0.15) is 13.8 Å². The van der Waals surface area contributed by atoms with Crippen LogP contribution < -0.4 is 0 Å². The molecule has 0 bridgehead atoms. The van der Waals surface area contributed by atoms with Crippen molar-refractivity contribution < 1.29 is 19.8 Å². The quantitative estimate of drug-likeness (QED) is 0.395. The molecule has 0 fully saturated rings. The van der Waals surface area contributed by atoms with Crippen LogP contribution >= 0.6 is 0 Å². The Labute approximate surface area is 70.5 Å². The number of carbonyl (C=O) groups is 1. The molecule has 5 nitrogen and oxygen atoms in total. The molecule has 2 N–H and O–H groups in total. The minimum Gasteiger partial charge on any atom is -0.366 e. The fourth-order valence-corrected chi connectivity index (χ4v) is 1.35. The maximum Gasteiger partial charge on any atom is 0.317 e. The van der Waals surface area contributed by atoms with Gasteiger partial charge in [-0.05, 0) is 18.7 Å². The molecule has 1 aliphatic rings. The van der Waals surface area contributed by atoms with E-state index < -0.39 is 5.72 Å². The van der Waals surface area contributed by atoms with Gasteiger partial charge in [0.05, 0.1) is 0 Å². The number of rotatable bonds is 1. The van der Waals surface area contributed by atoms with Crippen LogP contribution in [0.25, 0.3) is 0 Å². The standard InChI is InChI=1S/C7H13N2O3/c1-5(10)6-7(2,11)8(3)4-9(6)12/h11-12H,4H2,1-3H3/q+1. The van der Waals surface area contributed by atoms with Crippen molar-refractivity contribution >= 4 is 11.5 Å². The highest BCUT2D eigenvalue weighted by molar-refractivity contribution is 6.39. The first-order valence-corrected chi connectivity index (χ1v) is 3.65. The smallest absolute Gasteiger partial charge is 0.317 e. The summed E-state index contributed by atoms with van der Waals surface area (Å²) in [6.45, 7) is 2.92. The predicted molar refractivity (Wildman–Crippen MR) is 41.0 cm³/mol. The maximum atomic E-state index is 11.0. The summed E-state index contributed by atoms with van der Waals surface area (Å²) >= 11 is 0. The Morgan fingerprint density at radius 1 is 1.75 bits per heavy atom. The number of carbonyl (C=O) groups excluding carboxylic acids is 1. The van der Waals surface area contributed by atoms with E-state index in [0.29, 0.717) is 0 Å². The highest BCUT2D eigenvalue weighted by atomic mass is 16.5. The fraction of sp³-hybridized carbons (Fsp3) is 0.714. The minimum absolute atomic E-state index is 0.0185. The number of ketones is 1. The van der Waals surface area contributed by atoms with E-state index in [0.717, 1.165) is 4.74 Å². The zero-order chi connectivity index (χ0) is 9.52. The second-order valence-corrected chi connectivity index (χ2v) is 3.16. The summed E-state index contributed by atoms with van der Waals surface area (Å²) in [7, 11) is 1.62. The molecule has 0 aromatic carbocycles. The van der Waals surface area contributed by atoms with E-state index in [2.05, 4.69) is 0 Å². The highest BCUT2D eigenvalue weighted by Crippen LogP contribution is 2.17. The zero-order valence-corrected chi connectivity index (χ0v) is 7.40. The van der Waals surface area contributed by atoms with Crippen molar-refractivity contribution in [3.8, 4) is 0 Å². The van der Waals surface area contributed by atoms with Crippen molar-refractivity contribution in [1.29, 1.82) is 0 Å². The van der Waals surface area contributed by atoms with Gasteiger partial charge in [-0.2, -0.15) is 0 Å². The molecule has 1 aliphatic heterocycles. The van der Waals surface area contributed by atoms with Gasteiger partial charge in [-0.1, -0.05) is 0 Å². The van der Waals surface area contributed by atoms with E-state index in [1.807, 2.05) is 0 Å². The van der Waals surface area contributed by atoms with Crippen molar-refractivity contribution in [2.45, 2.75) is 19.6 Å². The van der Waals surface area contributed by atoms with Crippen LogP contribution in [0.3, 0.4) is 0 Å². The predicted octanol–water partition coefficient (Wildman–Crippen LogP) is -0.971. The molecule has 1 unspecified atom stereocenters. The largest absolute Gasteiger partial charge is 0.366 e. The van der Waals surface area contributed by atoms with Gasteiger partial charge in [-0.25, -0.2) is 4.90 Å². The molecule has 0 aromatic rings. The van der Waals surface area contributed by atoms with Gasteiger partial charge in [-0.15, -0.1) is 0 Å². The molecule has 0 radical (unpaired) electrons. The lowest BCUT2D eigenvalue weighted by Gasteiger charge is -2.20. The summed E-state index contributed by atoms with van der Waals surface area (Å²) in [6.07, 6.45) is 0. The molecule has 0 amide bonds. The third-order valence-corrected chi connectivity index (χ3v) is 2.13. The second kappa shape index (κ2) is 2.53. The van der Waals surface area contributed by atoms with Crippen LogP contribution in [0, 0.1) is 0 Å². The molecule has 1 heterocycles. The number of hydrogen-bond donors (Lipinski definition) is 2. The fourth-order valence-electron chi connectivity index (χ4n) is 1.35. The third kappa shape index (κ3) is 1.11. The first-order chi connectivity index (χ1) is 5.37. The lowest BCUT2D eigenvalue weighted by Crippen LogP contribution is -2.48. The lowest BCUT2D eigenvalue weighted by molar-refractivity contribution is -0.776. The molecule has 0 aromatic heterocycles. The molecule has 0 aliphatic carbocycles. The number of nitrogens with zero attached hydrogens (tertiary/aromatic N) is 2. The van der Waals surface area contributed by atoms with Crippen LogP contribution in [0.15, 0.2) is 0 Å². The normalized spacial score (nSPS) is 31.3. The summed E-state index contributed by atoms with van der Waals surface area (Å²) in [6, 6.07) is 0. The summed E-state index contributed by atoms with van der Waals surface area (Å²) < 4.78 is 0.766. The Morgan fingerprint density at radius 2 is 2.25 bits per heavy atom. The average Bonchev–Trinajstić information content (AvgIpc) is 2.02. The Balaban J connectivity index is 3.10. The molecule has 0 saturated heterocycles. The van der Waals surface area contributed by atoms with Crippen LogP contribution in [-0.4, -0.2) is 50.9 Å². The summed E-state index contributed by atoms with van der Waals surface area (Å²) in [5.74, 6) is -0.327. The Bertz CT molecular complexity index is 257. The third-order valence-electron chi connectivity index (χ3n) is 2.13. The molecule has 0 saturated carbocycles. The van der Waals surface area contributed by atoms with Crippen LogP contribution in [0.2, 0.25) is 0 Å². The summed E-state index contributed by atoms with van der Waals surface area (Å²) in [5.41, 5.74) is -1.34. The number of aliphatic hydroxyl groups is 1. The van der Waals surface area contributed by atoms with Gasteiger partial charge in [0.15, 0.2) is 0 Å². The van der Waals surface area contributed by atoms with E-state index in [4.69, 9.17) is 0 Å². The maximum absolute atomic E-state index is 11.0. The second-order valence-electron chi connectivity index (χ2n) is 3.16. The van der Waals surface area contributed by atoms with Gasteiger partial charge in [0.2, 0.25) is 11.5 Å². The van der Waals surface area contributed by atoms with Crippen molar-refractivity contribution in [2.24, 2.45) is 0 Å². The molecular weight excluding hydrogens is 160 g/mol. The number of hydroxylamine groups is 1. The minimum atomic E-state index is -1.36. The molecule has 68 valence electrons. The molecule has 5 heteroatoms. The van der Waals surface area contributed by atoms with Gasteiger partial charge in [-0.3, -0.25) is 10.0 Å². The van der Waals surface area contributed by atoms with Gasteiger partial charge in [0.1, 0.15) is 0 Å². The average molecular weight is 173 g/mol. The monoisotopic (exact) mass is 173 g/mol. The van der Waals surface area contributed by atoms with Crippen molar-refractivity contribution in [2.75, 3.05) is 13.7 Å². The van der Waals surface area contributed by atoms with Gasteiger partial charge in [0.25, 0.3) is 6.67 Å². The van der Waals surface area contributed by atoms with Crippen molar-refractivity contribution in [3.05, 3.63) is 0 Å². The van der Waals surface area contributed by atoms with E-state index in [1.54, 1.807) is 7.05 Å². The van der Waals surface area contributed by atoms with E-state index >= 15 is 0 Å². The number of Topliss-reactive ketones (excluding diaryl/α,β-unsaturated/α-hetero) is 1. The molecule has 12 heavy (non-hydrogen) atoms. The van der Waals surface area contributed by atoms with Crippen LogP contribution in [0.5, 0.6) is 0 Å². The van der Waals surface area contributed by atoms with Gasteiger partial charge >= 0.3 is 5.71 Å². The van der Waals surface area contributed by atoms with E-state index in [1.165, 1.54) is 18.7 Å². The highest BCUT2D eigenvalue weighted by Gasteiger charge is 2.50. The molecule has 1 atom stereocenters. The van der Waals surface area contributed by atoms with Crippen molar-refractivity contribution in [3.63, 3.8) is 0 Å². The number of hydrogen-bond acceptors (Lipinski definition) is 4. The lowest BCUT2D eigenvalue weighted by atomic mass is 10.1. The van der Waals surface area contributed by atoms with E-state index in [9.17, 15) is 15.1 Å². The molecule has 0 spiro atoms. The Morgan fingerprint density at radius 3 is 2.42 bits per heavy atom. The zero-order valence-electron chi connectivity index (χ0n) is 7.40. The Kier molecular flexibility index (Phi) is 1.93. The van der Waals surface area contributed by atoms with Crippen LogP contribution in [-0.2, 0) is 4.79 Å². The summed E-state index contributed by atoms with van der Waals surface area (Å²) in [5, 5.41) is 19.0. The topological polar surface area (TPSA) is 63.8 Å². The van der Waals surface area contributed by atoms with Crippen molar-refractivity contribution in [1.82, 2.24) is 4.90 Å².